The van der Waals surface area contributed by atoms with Gasteiger partial charge in [0.1, 0.15) is 5.82 Å². The van der Waals surface area contributed by atoms with Gasteiger partial charge in [-0.3, -0.25) is 0 Å². The summed E-state index contributed by atoms with van der Waals surface area (Å²) in [5.74, 6) is 0.961. The van der Waals surface area contributed by atoms with Gasteiger partial charge in [0.05, 0.1) is 28.6 Å². The van der Waals surface area contributed by atoms with E-state index in [4.69, 9.17) is 0 Å². The second-order valence-electron chi connectivity index (χ2n) is 4.85. The number of aryl methyl sites for hydroxylation is 2. The molecule has 1 unspecified atom stereocenters. The number of rotatable bonds is 4. The molecule has 102 valence electrons. The van der Waals surface area contributed by atoms with E-state index in [2.05, 4.69) is 35.2 Å². The van der Waals surface area contributed by atoms with Gasteiger partial charge in [0, 0.05) is 19.0 Å². The first-order valence-corrected chi connectivity index (χ1v) is 7.13. The van der Waals surface area contributed by atoms with Crippen molar-refractivity contribution in [3.05, 3.63) is 33.9 Å². The van der Waals surface area contributed by atoms with Crippen LogP contribution in [0.3, 0.4) is 0 Å². The second-order valence-corrected chi connectivity index (χ2v) is 6.08. The van der Waals surface area contributed by atoms with Gasteiger partial charge < -0.3 is 10.2 Å². The van der Waals surface area contributed by atoms with Crippen LogP contribution in [-0.2, 0) is 0 Å². The van der Waals surface area contributed by atoms with E-state index in [1.54, 1.807) is 11.3 Å². The van der Waals surface area contributed by atoms with Gasteiger partial charge in [0.25, 0.3) is 0 Å². The Labute approximate surface area is 118 Å². The van der Waals surface area contributed by atoms with Gasteiger partial charge in [-0.05, 0) is 32.9 Å². The molecular formula is C14H20N4S. The molecule has 2 heterocycles. The molecule has 0 aliphatic rings. The number of nitrogens with one attached hydrogen (secondary N) is 1. The van der Waals surface area contributed by atoms with Crippen molar-refractivity contribution in [3.63, 3.8) is 0 Å². The van der Waals surface area contributed by atoms with Crippen molar-refractivity contribution in [3.8, 4) is 0 Å². The minimum Gasteiger partial charge on any atom is -0.376 e. The summed E-state index contributed by atoms with van der Waals surface area (Å²) < 4.78 is 0. The number of hydrogen-bond donors (Lipinski definition) is 1. The van der Waals surface area contributed by atoms with Crippen molar-refractivity contribution in [2.24, 2.45) is 0 Å². The van der Waals surface area contributed by atoms with Gasteiger partial charge in [0.15, 0.2) is 0 Å². The molecule has 4 nitrogen and oxygen atoms in total. The Balaban J connectivity index is 2.10. The predicted octanol–water partition coefficient (Wildman–Crippen LogP) is 3.39. The van der Waals surface area contributed by atoms with Crippen molar-refractivity contribution in [2.45, 2.75) is 26.8 Å². The Kier molecular flexibility index (Phi) is 4.04. The maximum Gasteiger partial charge on any atom is 0.128 e. The van der Waals surface area contributed by atoms with Crippen LogP contribution in [0.15, 0.2) is 18.3 Å². The molecule has 0 spiro atoms. The molecule has 1 atom stereocenters. The topological polar surface area (TPSA) is 41.1 Å². The zero-order valence-corrected chi connectivity index (χ0v) is 12.9. The van der Waals surface area contributed by atoms with Crippen molar-refractivity contribution in [1.29, 1.82) is 0 Å². The maximum atomic E-state index is 4.47. The Morgan fingerprint density at radius 1 is 1.26 bits per heavy atom. The maximum absolute atomic E-state index is 4.47. The molecule has 0 amide bonds. The van der Waals surface area contributed by atoms with Crippen LogP contribution in [-0.4, -0.2) is 24.1 Å². The fraction of sp³-hybridized carbons (Fsp3) is 0.429. The molecule has 2 aromatic rings. The molecule has 0 radical (unpaired) electrons. The van der Waals surface area contributed by atoms with Crippen LogP contribution in [0.1, 0.15) is 28.5 Å². The normalized spacial score (nSPS) is 12.3. The first-order chi connectivity index (χ1) is 8.97. The third kappa shape index (κ3) is 3.23. The molecule has 0 fully saturated rings. The summed E-state index contributed by atoms with van der Waals surface area (Å²) in [6, 6.07) is 4.32. The molecule has 0 saturated heterocycles. The highest BCUT2D eigenvalue weighted by atomic mass is 32.1. The van der Waals surface area contributed by atoms with E-state index < -0.39 is 0 Å². The smallest absolute Gasteiger partial charge is 0.128 e. The lowest BCUT2D eigenvalue weighted by molar-refractivity contribution is 0.887. The fourth-order valence-corrected chi connectivity index (χ4v) is 2.93. The molecule has 0 saturated carbocycles. The van der Waals surface area contributed by atoms with Crippen LogP contribution in [0.2, 0.25) is 0 Å². The van der Waals surface area contributed by atoms with Crippen molar-refractivity contribution in [2.75, 3.05) is 24.3 Å². The minimum absolute atomic E-state index is 0.248. The standard InChI is InChI=1S/C14H20N4S/c1-9-14(19-11(3)16-9)10(2)17-12-6-7-13(15-8-12)18(4)5/h6-8,10,17H,1-5H3. The molecule has 19 heavy (non-hydrogen) atoms. The van der Waals surface area contributed by atoms with Gasteiger partial charge >= 0.3 is 0 Å². The summed E-state index contributed by atoms with van der Waals surface area (Å²) in [6.45, 7) is 6.26. The number of hydrogen-bond acceptors (Lipinski definition) is 5. The molecule has 0 aliphatic heterocycles. The summed E-state index contributed by atoms with van der Waals surface area (Å²) in [7, 11) is 3.98. The van der Waals surface area contributed by atoms with Crippen molar-refractivity contribution in [1.82, 2.24) is 9.97 Å². The van der Waals surface area contributed by atoms with Crippen LogP contribution in [0.5, 0.6) is 0 Å². The first-order valence-electron chi connectivity index (χ1n) is 6.31. The van der Waals surface area contributed by atoms with E-state index in [0.29, 0.717) is 0 Å². The highest BCUT2D eigenvalue weighted by Gasteiger charge is 2.12. The molecule has 0 bridgehead atoms. The lowest BCUT2D eigenvalue weighted by Crippen LogP contribution is -2.11. The fourth-order valence-electron chi connectivity index (χ4n) is 2.00. The number of aromatic nitrogens is 2. The van der Waals surface area contributed by atoms with E-state index in [1.165, 1.54) is 4.88 Å². The lowest BCUT2D eigenvalue weighted by atomic mass is 10.2. The first kappa shape index (κ1) is 13.8. The summed E-state index contributed by atoms with van der Waals surface area (Å²) in [5, 5.41) is 4.58. The monoisotopic (exact) mass is 276 g/mol. The van der Waals surface area contributed by atoms with Gasteiger partial charge in [-0.1, -0.05) is 0 Å². The van der Waals surface area contributed by atoms with Crippen LogP contribution in [0.25, 0.3) is 0 Å². The number of pyridine rings is 1. The zero-order chi connectivity index (χ0) is 14.0. The Bertz CT molecular complexity index is 545. The third-order valence-electron chi connectivity index (χ3n) is 2.92. The minimum atomic E-state index is 0.248. The van der Waals surface area contributed by atoms with E-state index in [-0.39, 0.29) is 6.04 Å². The van der Waals surface area contributed by atoms with Gasteiger partial charge in [0.2, 0.25) is 0 Å². The predicted molar refractivity (Wildman–Crippen MR) is 82.2 cm³/mol. The molecule has 0 aromatic carbocycles. The lowest BCUT2D eigenvalue weighted by Gasteiger charge is -2.16. The third-order valence-corrected chi connectivity index (χ3v) is 4.18. The van der Waals surface area contributed by atoms with E-state index in [0.717, 1.165) is 22.2 Å². The van der Waals surface area contributed by atoms with E-state index in [1.807, 2.05) is 38.2 Å². The quantitative estimate of drug-likeness (QED) is 0.929. The molecule has 2 aromatic heterocycles. The molecule has 0 aliphatic carbocycles. The van der Waals surface area contributed by atoms with Crippen LogP contribution in [0.4, 0.5) is 11.5 Å². The molecule has 5 heteroatoms. The summed E-state index contributed by atoms with van der Waals surface area (Å²) >= 11 is 1.75. The van der Waals surface area contributed by atoms with Crippen molar-refractivity contribution < 1.29 is 0 Å². The van der Waals surface area contributed by atoms with Gasteiger partial charge in [-0.15, -0.1) is 11.3 Å². The van der Waals surface area contributed by atoms with Gasteiger partial charge in [-0.2, -0.15) is 0 Å². The van der Waals surface area contributed by atoms with E-state index >= 15 is 0 Å². The summed E-state index contributed by atoms with van der Waals surface area (Å²) in [6.07, 6.45) is 1.87. The summed E-state index contributed by atoms with van der Waals surface area (Å²) in [4.78, 5) is 12.1. The average Bonchev–Trinajstić information content (AvgIpc) is 2.69. The number of nitrogens with zero attached hydrogens (tertiary/aromatic N) is 3. The largest absolute Gasteiger partial charge is 0.376 e. The van der Waals surface area contributed by atoms with Crippen LogP contribution >= 0.6 is 11.3 Å². The second kappa shape index (κ2) is 5.57. The Morgan fingerprint density at radius 2 is 2.00 bits per heavy atom. The Hall–Kier alpha value is -1.62. The SMILES string of the molecule is Cc1nc(C)c(C(C)Nc2ccc(N(C)C)nc2)s1. The van der Waals surface area contributed by atoms with Crippen molar-refractivity contribution >= 4 is 22.8 Å². The van der Waals surface area contributed by atoms with E-state index in [9.17, 15) is 0 Å². The van der Waals surface area contributed by atoms with Gasteiger partial charge in [-0.25, -0.2) is 9.97 Å². The molecule has 2 rings (SSSR count). The average molecular weight is 276 g/mol. The summed E-state index contributed by atoms with van der Waals surface area (Å²) in [5.41, 5.74) is 2.14. The molecule has 1 N–H and O–H groups in total. The Morgan fingerprint density at radius 3 is 2.47 bits per heavy atom. The molecular weight excluding hydrogens is 256 g/mol. The zero-order valence-electron chi connectivity index (χ0n) is 12.1. The van der Waals surface area contributed by atoms with Crippen LogP contribution < -0.4 is 10.2 Å². The number of anilines is 2. The van der Waals surface area contributed by atoms with Crippen LogP contribution in [0, 0.1) is 13.8 Å². The number of thiazole rings is 1. The highest BCUT2D eigenvalue weighted by molar-refractivity contribution is 7.11. The highest BCUT2D eigenvalue weighted by Crippen LogP contribution is 2.27.